The molecular weight excluding hydrogens is 262 g/mol. The van der Waals surface area contributed by atoms with E-state index in [9.17, 15) is 4.79 Å². The third-order valence-corrected chi connectivity index (χ3v) is 3.35. The number of nitrogens with zero attached hydrogens (tertiary/aromatic N) is 3. The summed E-state index contributed by atoms with van der Waals surface area (Å²) in [4.78, 5) is 12.0. The van der Waals surface area contributed by atoms with E-state index in [1.807, 2.05) is 32.0 Å². The van der Waals surface area contributed by atoms with E-state index in [0.29, 0.717) is 12.1 Å². The fourth-order valence-electron chi connectivity index (χ4n) is 2.09. The molecule has 0 bridgehead atoms. The van der Waals surface area contributed by atoms with Gasteiger partial charge in [0.05, 0.1) is 17.6 Å². The third-order valence-electron chi connectivity index (χ3n) is 3.15. The van der Waals surface area contributed by atoms with Crippen molar-refractivity contribution in [1.29, 1.82) is 0 Å². The Morgan fingerprint density at radius 2 is 2.21 bits per heavy atom. The van der Waals surface area contributed by atoms with Gasteiger partial charge in [-0.25, -0.2) is 0 Å². The van der Waals surface area contributed by atoms with Crippen LogP contribution in [-0.2, 0) is 6.54 Å². The van der Waals surface area contributed by atoms with Gasteiger partial charge < -0.3 is 4.57 Å². The summed E-state index contributed by atoms with van der Waals surface area (Å²) in [7, 11) is 0. The summed E-state index contributed by atoms with van der Waals surface area (Å²) >= 11 is 5.88. The lowest BCUT2D eigenvalue weighted by molar-refractivity contribution is 0.0991. The predicted octanol–water partition coefficient (Wildman–Crippen LogP) is 2.75. The Morgan fingerprint density at radius 1 is 1.47 bits per heavy atom. The van der Waals surface area contributed by atoms with Gasteiger partial charge in [0.1, 0.15) is 0 Å². The first-order valence-electron chi connectivity index (χ1n) is 6.12. The number of halogens is 1. The number of hydrogen-bond acceptors (Lipinski definition) is 3. The van der Waals surface area contributed by atoms with E-state index in [0.717, 1.165) is 17.1 Å². The Kier molecular flexibility index (Phi) is 4.00. The van der Waals surface area contributed by atoms with Crippen molar-refractivity contribution in [2.45, 2.75) is 32.7 Å². The van der Waals surface area contributed by atoms with Crippen molar-refractivity contribution in [1.82, 2.24) is 14.8 Å². The van der Waals surface area contributed by atoms with Crippen molar-refractivity contribution in [3.8, 4) is 0 Å². The van der Waals surface area contributed by atoms with E-state index >= 15 is 0 Å². The number of Topliss-reactive ketones (excluding diaryl/α,β-unsaturated/α-hetero) is 1. The SMILES string of the molecule is Cc1cc(C(=O)C(C)Cl)c(C)n1Cc1cccnn1. The molecule has 0 aliphatic rings. The Balaban J connectivity index is 2.35. The molecule has 19 heavy (non-hydrogen) atoms. The Bertz CT molecular complexity index is 590. The van der Waals surface area contributed by atoms with Gasteiger partial charge in [-0.15, -0.1) is 11.6 Å². The first kappa shape index (κ1) is 13.7. The fourth-order valence-corrected chi connectivity index (χ4v) is 2.21. The van der Waals surface area contributed by atoms with Gasteiger partial charge in [0, 0.05) is 23.1 Å². The summed E-state index contributed by atoms with van der Waals surface area (Å²) in [5, 5.41) is 7.41. The molecule has 1 unspecified atom stereocenters. The van der Waals surface area contributed by atoms with Gasteiger partial charge in [0.15, 0.2) is 5.78 Å². The predicted molar refractivity (Wildman–Crippen MR) is 74.7 cm³/mol. The quantitative estimate of drug-likeness (QED) is 0.638. The van der Waals surface area contributed by atoms with Crippen LogP contribution in [0.15, 0.2) is 24.4 Å². The Labute approximate surface area is 117 Å². The number of aromatic nitrogens is 3. The highest BCUT2D eigenvalue weighted by molar-refractivity contribution is 6.33. The van der Waals surface area contributed by atoms with Crippen LogP contribution in [0.2, 0.25) is 0 Å². The summed E-state index contributed by atoms with van der Waals surface area (Å²) in [6, 6.07) is 5.65. The first-order chi connectivity index (χ1) is 9.00. The van der Waals surface area contributed by atoms with Crippen LogP contribution in [0.3, 0.4) is 0 Å². The van der Waals surface area contributed by atoms with Crippen molar-refractivity contribution >= 4 is 17.4 Å². The Hall–Kier alpha value is -1.68. The lowest BCUT2D eigenvalue weighted by atomic mass is 10.1. The molecule has 0 saturated carbocycles. The maximum atomic E-state index is 12.0. The average molecular weight is 278 g/mol. The largest absolute Gasteiger partial charge is 0.342 e. The van der Waals surface area contributed by atoms with Gasteiger partial charge in [0.2, 0.25) is 0 Å². The van der Waals surface area contributed by atoms with Crippen LogP contribution in [0.4, 0.5) is 0 Å². The molecule has 100 valence electrons. The highest BCUT2D eigenvalue weighted by atomic mass is 35.5. The zero-order valence-corrected chi connectivity index (χ0v) is 12.0. The second kappa shape index (κ2) is 5.53. The van der Waals surface area contributed by atoms with E-state index < -0.39 is 5.38 Å². The van der Waals surface area contributed by atoms with Crippen molar-refractivity contribution in [2.24, 2.45) is 0 Å². The van der Waals surface area contributed by atoms with E-state index in [1.54, 1.807) is 13.1 Å². The second-order valence-corrected chi connectivity index (χ2v) is 5.22. The smallest absolute Gasteiger partial charge is 0.182 e. The molecule has 2 heterocycles. The van der Waals surface area contributed by atoms with Gasteiger partial charge in [0.25, 0.3) is 0 Å². The maximum Gasteiger partial charge on any atom is 0.182 e. The molecule has 0 fully saturated rings. The van der Waals surface area contributed by atoms with E-state index in [2.05, 4.69) is 14.8 Å². The van der Waals surface area contributed by atoms with Crippen molar-refractivity contribution < 1.29 is 4.79 Å². The van der Waals surface area contributed by atoms with Gasteiger partial charge in [-0.3, -0.25) is 4.79 Å². The lowest BCUT2D eigenvalue weighted by Gasteiger charge is -2.09. The molecule has 4 nitrogen and oxygen atoms in total. The van der Waals surface area contributed by atoms with Crippen LogP contribution in [-0.4, -0.2) is 25.9 Å². The van der Waals surface area contributed by atoms with Gasteiger partial charge in [-0.1, -0.05) is 0 Å². The highest BCUT2D eigenvalue weighted by Gasteiger charge is 2.19. The van der Waals surface area contributed by atoms with E-state index in [-0.39, 0.29) is 5.78 Å². The van der Waals surface area contributed by atoms with Crippen molar-refractivity contribution in [3.05, 3.63) is 47.0 Å². The maximum absolute atomic E-state index is 12.0. The van der Waals surface area contributed by atoms with Gasteiger partial charge in [-0.05, 0) is 39.0 Å². The molecule has 1 atom stereocenters. The zero-order chi connectivity index (χ0) is 14.0. The number of alkyl halides is 1. The summed E-state index contributed by atoms with van der Waals surface area (Å²) in [5.74, 6) is -0.0415. The van der Waals surface area contributed by atoms with Crippen molar-refractivity contribution in [3.63, 3.8) is 0 Å². The highest BCUT2D eigenvalue weighted by Crippen LogP contribution is 2.19. The molecule has 0 aromatic carbocycles. The molecule has 0 spiro atoms. The minimum atomic E-state index is -0.509. The van der Waals surface area contributed by atoms with Crippen LogP contribution < -0.4 is 0 Å². The van der Waals surface area contributed by atoms with Gasteiger partial charge >= 0.3 is 0 Å². The van der Waals surface area contributed by atoms with Gasteiger partial charge in [-0.2, -0.15) is 10.2 Å². The molecule has 2 aromatic heterocycles. The van der Waals surface area contributed by atoms with E-state index in [4.69, 9.17) is 11.6 Å². The molecule has 0 saturated heterocycles. The van der Waals surface area contributed by atoms with Crippen LogP contribution in [0.25, 0.3) is 0 Å². The Morgan fingerprint density at radius 3 is 2.79 bits per heavy atom. The molecule has 0 aliphatic heterocycles. The standard InChI is InChI=1S/C14H16ClN3O/c1-9-7-13(14(19)10(2)15)11(3)18(9)8-12-5-4-6-16-17-12/h4-7,10H,8H2,1-3H3. The molecule has 5 heteroatoms. The van der Waals surface area contributed by atoms with Crippen LogP contribution >= 0.6 is 11.6 Å². The fraction of sp³-hybridized carbons (Fsp3) is 0.357. The molecular formula is C14H16ClN3O. The minimum absolute atomic E-state index is 0.0415. The average Bonchev–Trinajstić information content (AvgIpc) is 2.67. The number of carbonyl (C=O) groups is 1. The van der Waals surface area contributed by atoms with Crippen molar-refractivity contribution in [2.75, 3.05) is 0 Å². The number of hydrogen-bond donors (Lipinski definition) is 0. The molecule has 2 aromatic rings. The lowest BCUT2D eigenvalue weighted by Crippen LogP contribution is -2.12. The van der Waals surface area contributed by atoms with Crippen LogP contribution in [0, 0.1) is 13.8 Å². The molecule has 0 radical (unpaired) electrons. The number of carbonyl (C=O) groups excluding carboxylic acids is 1. The first-order valence-corrected chi connectivity index (χ1v) is 6.56. The molecule has 0 amide bonds. The molecule has 0 N–H and O–H groups in total. The third kappa shape index (κ3) is 2.84. The molecule has 0 aliphatic carbocycles. The van der Waals surface area contributed by atoms with E-state index in [1.165, 1.54) is 0 Å². The minimum Gasteiger partial charge on any atom is -0.342 e. The number of aryl methyl sites for hydroxylation is 1. The summed E-state index contributed by atoms with van der Waals surface area (Å²) < 4.78 is 2.05. The normalized spacial score (nSPS) is 12.4. The summed E-state index contributed by atoms with van der Waals surface area (Å²) in [5.41, 5.74) is 3.48. The summed E-state index contributed by atoms with van der Waals surface area (Å²) in [6.45, 7) is 6.20. The topological polar surface area (TPSA) is 47.8 Å². The summed E-state index contributed by atoms with van der Waals surface area (Å²) in [6.07, 6.45) is 1.64. The molecule has 2 rings (SSSR count). The monoisotopic (exact) mass is 277 g/mol. The second-order valence-electron chi connectivity index (χ2n) is 4.57. The van der Waals surface area contributed by atoms with Crippen LogP contribution in [0.5, 0.6) is 0 Å². The van der Waals surface area contributed by atoms with Crippen LogP contribution in [0.1, 0.15) is 34.4 Å². The zero-order valence-electron chi connectivity index (χ0n) is 11.2. The number of ketones is 1. The number of rotatable bonds is 4.